The second-order valence-corrected chi connectivity index (χ2v) is 5.33. The van der Waals surface area contributed by atoms with Crippen molar-refractivity contribution in [2.24, 2.45) is 0 Å². The first-order chi connectivity index (χ1) is 9.97. The summed E-state index contributed by atoms with van der Waals surface area (Å²) in [5, 5.41) is 16.8. The SMILES string of the molecule is Cc1cc([N+](=O)[O-])ccc1NC(=O)CN1CCNC[C@@H]1C. The van der Waals surface area contributed by atoms with E-state index in [4.69, 9.17) is 0 Å². The molecule has 1 heterocycles. The predicted octanol–water partition coefficient (Wildman–Crippen LogP) is 1.14. The minimum absolute atomic E-state index is 0.0289. The Labute approximate surface area is 123 Å². The Morgan fingerprint density at radius 2 is 2.33 bits per heavy atom. The molecule has 2 N–H and O–H groups in total. The quantitative estimate of drug-likeness (QED) is 0.642. The van der Waals surface area contributed by atoms with Crippen LogP contribution in [0.25, 0.3) is 0 Å². The van der Waals surface area contributed by atoms with Gasteiger partial charge in [0, 0.05) is 43.5 Å². The van der Waals surface area contributed by atoms with E-state index in [9.17, 15) is 14.9 Å². The summed E-state index contributed by atoms with van der Waals surface area (Å²) in [5.74, 6) is -0.0966. The average molecular weight is 292 g/mol. The summed E-state index contributed by atoms with van der Waals surface area (Å²) < 4.78 is 0. The molecule has 1 aromatic carbocycles. The smallest absolute Gasteiger partial charge is 0.269 e. The number of aryl methyl sites for hydroxylation is 1. The molecule has 0 unspecified atom stereocenters. The zero-order valence-corrected chi connectivity index (χ0v) is 12.3. The summed E-state index contributed by atoms with van der Waals surface area (Å²) in [6.07, 6.45) is 0. The second kappa shape index (κ2) is 6.64. The van der Waals surface area contributed by atoms with Crippen LogP contribution in [-0.2, 0) is 4.79 Å². The third kappa shape index (κ3) is 3.99. The molecule has 0 radical (unpaired) electrons. The fourth-order valence-electron chi connectivity index (χ4n) is 2.39. The molecule has 0 spiro atoms. The van der Waals surface area contributed by atoms with Gasteiger partial charge in [0.25, 0.3) is 5.69 Å². The monoisotopic (exact) mass is 292 g/mol. The molecule has 1 aliphatic heterocycles. The number of nitro benzene ring substituents is 1. The Bertz CT molecular complexity index is 547. The van der Waals surface area contributed by atoms with Crippen molar-refractivity contribution in [1.82, 2.24) is 10.2 Å². The Balaban J connectivity index is 1.97. The molecule has 7 nitrogen and oxygen atoms in total. The highest BCUT2D eigenvalue weighted by Crippen LogP contribution is 2.21. The Kier molecular flexibility index (Phi) is 4.87. The molecule has 1 amide bonds. The topological polar surface area (TPSA) is 87.5 Å². The van der Waals surface area contributed by atoms with Crippen LogP contribution in [0, 0.1) is 17.0 Å². The highest BCUT2D eigenvalue weighted by atomic mass is 16.6. The molecule has 1 aliphatic rings. The largest absolute Gasteiger partial charge is 0.325 e. The van der Waals surface area contributed by atoms with E-state index in [1.165, 1.54) is 12.1 Å². The number of hydrogen-bond donors (Lipinski definition) is 2. The number of nitrogens with one attached hydrogen (secondary N) is 2. The number of amides is 1. The Morgan fingerprint density at radius 3 is 2.95 bits per heavy atom. The Morgan fingerprint density at radius 1 is 1.57 bits per heavy atom. The average Bonchev–Trinajstić information content (AvgIpc) is 2.43. The highest BCUT2D eigenvalue weighted by molar-refractivity contribution is 5.93. The molecule has 1 saturated heterocycles. The predicted molar refractivity (Wildman–Crippen MR) is 80.4 cm³/mol. The number of anilines is 1. The maximum atomic E-state index is 12.1. The van der Waals surface area contributed by atoms with Gasteiger partial charge in [-0.05, 0) is 25.5 Å². The van der Waals surface area contributed by atoms with Crippen molar-refractivity contribution in [2.45, 2.75) is 19.9 Å². The summed E-state index contributed by atoms with van der Waals surface area (Å²) in [6, 6.07) is 4.76. The first kappa shape index (κ1) is 15.4. The zero-order valence-electron chi connectivity index (χ0n) is 12.3. The third-order valence-electron chi connectivity index (χ3n) is 3.68. The van der Waals surface area contributed by atoms with Gasteiger partial charge in [0.1, 0.15) is 0 Å². The molecule has 0 bridgehead atoms. The molecule has 21 heavy (non-hydrogen) atoms. The molecule has 1 fully saturated rings. The first-order valence-corrected chi connectivity index (χ1v) is 6.97. The lowest BCUT2D eigenvalue weighted by Gasteiger charge is -2.33. The van der Waals surface area contributed by atoms with Crippen molar-refractivity contribution < 1.29 is 9.72 Å². The van der Waals surface area contributed by atoms with Crippen LogP contribution in [0.2, 0.25) is 0 Å². The number of nitrogens with zero attached hydrogens (tertiary/aromatic N) is 2. The minimum atomic E-state index is -0.443. The van der Waals surface area contributed by atoms with Crippen molar-refractivity contribution in [3.05, 3.63) is 33.9 Å². The summed E-state index contributed by atoms with van der Waals surface area (Å²) in [6.45, 7) is 6.76. The van der Waals surface area contributed by atoms with E-state index in [0.29, 0.717) is 23.8 Å². The standard InChI is InChI=1S/C14H20N4O3/c1-10-7-12(18(20)21)3-4-13(10)16-14(19)9-17-6-5-15-8-11(17)2/h3-4,7,11,15H,5-6,8-9H2,1-2H3,(H,16,19)/t11-/m0/s1. The molecule has 2 rings (SSSR count). The number of nitro groups is 1. The number of hydrogen-bond acceptors (Lipinski definition) is 5. The fraction of sp³-hybridized carbons (Fsp3) is 0.500. The molecule has 0 aromatic heterocycles. The third-order valence-corrected chi connectivity index (χ3v) is 3.68. The van der Waals surface area contributed by atoms with Crippen LogP contribution in [0.1, 0.15) is 12.5 Å². The van der Waals surface area contributed by atoms with Gasteiger partial charge in [-0.25, -0.2) is 0 Å². The van der Waals surface area contributed by atoms with Crippen LogP contribution >= 0.6 is 0 Å². The minimum Gasteiger partial charge on any atom is -0.325 e. The van der Waals surface area contributed by atoms with Crippen LogP contribution in [-0.4, -0.2) is 48.0 Å². The molecule has 7 heteroatoms. The molecule has 0 saturated carbocycles. The summed E-state index contributed by atoms with van der Waals surface area (Å²) in [4.78, 5) is 24.5. The molecular formula is C14H20N4O3. The van der Waals surface area contributed by atoms with E-state index >= 15 is 0 Å². The van der Waals surface area contributed by atoms with Crippen LogP contribution in [0.3, 0.4) is 0 Å². The summed E-state index contributed by atoms with van der Waals surface area (Å²) in [5.41, 5.74) is 1.33. The van der Waals surface area contributed by atoms with Gasteiger partial charge in [-0.3, -0.25) is 19.8 Å². The number of carbonyl (C=O) groups excluding carboxylic acids is 1. The van der Waals surface area contributed by atoms with Crippen molar-refractivity contribution in [1.29, 1.82) is 0 Å². The normalized spacial score (nSPS) is 19.2. The van der Waals surface area contributed by atoms with E-state index in [0.717, 1.165) is 19.6 Å². The van der Waals surface area contributed by atoms with E-state index in [1.54, 1.807) is 13.0 Å². The molecule has 0 aliphatic carbocycles. The van der Waals surface area contributed by atoms with Crippen LogP contribution in [0.5, 0.6) is 0 Å². The van der Waals surface area contributed by atoms with Gasteiger partial charge in [-0.2, -0.15) is 0 Å². The number of benzene rings is 1. The fourth-order valence-corrected chi connectivity index (χ4v) is 2.39. The number of rotatable bonds is 4. The van der Waals surface area contributed by atoms with Crippen LogP contribution < -0.4 is 10.6 Å². The second-order valence-electron chi connectivity index (χ2n) is 5.33. The van der Waals surface area contributed by atoms with Gasteiger partial charge < -0.3 is 10.6 Å². The van der Waals surface area contributed by atoms with Gasteiger partial charge in [0.15, 0.2) is 0 Å². The highest BCUT2D eigenvalue weighted by Gasteiger charge is 2.20. The van der Waals surface area contributed by atoms with E-state index in [-0.39, 0.29) is 11.6 Å². The molecule has 1 atom stereocenters. The van der Waals surface area contributed by atoms with Crippen LogP contribution in [0.4, 0.5) is 11.4 Å². The lowest BCUT2D eigenvalue weighted by atomic mass is 10.1. The van der Waals surface area contributed by atoms with E-state index in [2.05, 4.69) is 22.5 Å². The van der Waals surface area contributed by atoms with Gasteiger partial charge in [-0.1, -0.05) is 0 Å². The van der Waals surface area contributed by atoms with Gasteiger partial charge >= 0.3 is 0 Å². The van der Waals surface area contributed by atoms with Crippen molar-refractivity contribution in [3.8, 4) is 0 Å². The zero-order chi connectivity index (χ0) is 15.4. The lowest BCUT2D eigenvalue weighted by molar-refractivity contribution is -0.384. The van der Waals surface area contributed by atoms with Crippen molar-refractivity contribution >= 4 is 17.3 Å². The van der Waals surface area contributed by atoms with Gasteiger partial charge in [-0.15, -0.1) is 0 Å². The molecular weight excluding hydrogens is 272 g/mol. The van der Waals surface area contributed by atoms with Crippen molar-refractivity contribution in [2.75, 3.05) is 31.5 Å². The van der Waals surface area contributed by atoms with E-state index < -0.39 is 4.92 Å². The van der Waals surface area contributed by atoms with Crippen LogP contribution in [0.15, 0.2) is 18.2 Å². The molecule has 114 valence electrons. The van der Waals surface area contributed by atoms with E-state index in [1.807, 2.05) is 0 Å². The van der Waals surface area contributed by atoms with Gasteiger partial charge in [0.05, 0.1) is 11.5 Å². The molecule has 1 aromatic rings. The van der Waals surface area contributed by atoms with Gasteiger partial charge in [0.2, 0.25) is 5.91 Å². The Hall–Kier alpha value is -1.99. The summed E-state index contributed by atoms with van der Waals surface area (Å²) in [7, 11) is 0. The van der Waals surface area contributed by atoms with Crippen molar-refractivity contribution in [3.63, 3.8) is 0 Å². The summed E-state index contributed by atoms with van der Waals surface area (Å²) >= 11 is 0. The lowest BCUT2D eigenvalue weighted by Crippen LogP contribution is -2.52. The number of non-ortho nitro benzene ring substituents is 1. The maximum absolute atomic E-state index is 12.1. The maximum Gasteiger partial charge on any atom is 0.269 e. The number of carbonyl (C=O) groups is 1. The number of piperazine rings is 1. The first-order valence-electron chi connectivity index (χ1n) is 6.97.